The molecule has 0 unspecified atom stereocenters. The summed E-state index contributed by atoms with van der Waals surface area (Å²) in [5, 5.41) is 3.04. The molecule has 0 N–H and O–H groups in total. The van der Waals surface area contributed by atoms with Gasteiger partial charge in [-0.15, -0.1) is 0 Å². The van der Waals surface area contributed by atoms with Gasteiger partial charge in [0.25, 0.3) is 0 Å². The minimum absolute atomic E-state index is 0.0804. The zero-order valence-corrected chi connectivity index (χ0v) is 35.2. The van der Waals surface area contributed by atoms with E-state index in [1.807, 2.05) is 243 Å². The van der Waals surface area contributed by atoms with E-state index in [1.165, 1.54) is 0 Å². The van der Waals surface area contributed by atoms with Gasteiger partial charge in [-0.3, -0.25) is 0 Å². The van der Waals surface area contributed by atoms with Crippen LogP contribution in [0.5, 0.6) is 0 Å². The van der Waals surface area contributed by atoms with Crippen LogP contribution in [0.3, 0.4) is 0 Å². The quantitative estimate of drug-likeness (QED) is 0.0676. The monoisotopic (exact) mass is 840 g/mol. The molecule has 0 radical (unpaired) electrons. The maximum atomic E-state index is 16.6. The summed E-state index contributed by atoms with van der Waals surface area (Å²) in [6, 6.07) is 74.3. The van der Waals surface area contributed by atoms with Crippen LogP contribution in [0.15, 0.2) is 243 Å². The van der Waals surface area contributed by atoms with Gasteiger partial charge < -0.3 is 0 Å². The number of rotatable bonds is 17. The third-order valence-electron chi connectivity index (χ3n) is 11.5. The normalized spacial score (nSPS) is 12.9. The van der Waals surface area contributed by atoms with E-state index in [2.05, 4.69) is 0 Å². The van der Waals surface area contributed by atoms with E-state index < -0.39 is 21.0 Å². The van der Waals surface area contributed by atoms with Crippen molar-refractivity contribution in [2.45, 2.75) is 12.8 Å². The van der Waals surface area contributed by atoms with Gasteiger partial charge in [-0.25, -0.2) is 0 Å². The van der Waals surface area contributed by atoms with Crippen molar-refractivity contribution in [1.82, 2.24) is 0 Å². The minimum atomic E-state index is -5.16. The van der Waals surface area contributed by atoms with Gasteiger partial charge in [0.1, 0.15) is 0 Å². The first kappa shape index (κ1) is 41.6. The molecule has 61 heavy (non-hydrogen) atoms. The molecule has 5 nitrogen and oxygen atoms in total. The average molecular weight is 841 g/mol. The molecular formula is C52H44BFO5P2. The molecule has 0 amide bonds. The van der Waals surface area contributed by atoms with Crippen molar-refractivity contribution in [2.75, 3.05) is 0 Å². The molecule has 0 atom stereocenters. The molecule has 0 spiro atoms. The van der Waals surface area contributed by atoms with Crippen molar-refractivity contribution >= 4 is 63.9 Å². The second-order valence-electron chi connectivity index (χ2n) is 14.8. The van der Waals surface area contributed by atoms with Gasteiger partial charge in [0, 0.05) is 0 Å². The van der Waals surface area contributed by atoms with Gasteiger partial charge in [-0.2, -0.15) is 0 Å². The molecule has 0 saturated carbocycles. The second-order valence-corrected chi connectivity index (χ2v) is 23.4. The molecule has 0 aromatic heterocycles. The molecule has 0 fully saturated rings. The molecule has 0 saturated heterocycles. The summed E-state index contributed by atoms with van der Waals surface area (Å²) in [4.78, 5) is 37.6. The number of hydrogen-bond acceptors (Lipinski definition) is 5. The Bertz CT molecular complexity index is 2300. The molecule has 8 rings (SSSR count). The molecule has 9 heteroatoms. The van der Waals surface area contributed by atoms with Crippen LogP contribution < -0.4 is 31.8 Å². The van der Waals surface area contributed by atoms with E-state index in [-0.39, 0.29) is 23.9 Å². The Hall–Kier alpha value is -6.17. The van der Waals surface area contributed by atoms with Crippen molar-refractivity contribution in [2.24, 2.45) is 0 Å². The molecule has 0 aliphatic rings. The van der Waals surface area contributed by atoms with E-state index in [4.69, 9.17) is 13.7 Å². The molecule has 0 heterocycles. The Balaban J connectivity index is 1.50. The first-order valence-corrected chi connectivity index (χ1v) is 24.4. The van der Waals surface area contributed by atoms with Crippen molar-refractivity contribution < 1.29 is 27.9 Å². The number of hydrogen-bond donors (Lipinski definition) is 0. The zero-order chi connectivity index (χ0) is 42.1. The van der Waals surface area contributed by atoms with Crippen LogP contribution >= 0.6 is 13.7 Å². The molecule has 0 aliphatic carbocycles. The zero-order valence-electron chi connectivity index (χ0n) is 33.4. The van der Waals surface area contributed by atoms with Gasteiger partial charge in [0.15, 0.2) is 0 Å². The van der Waals surface area contributed by atoms with Crippen molar-refractivity contribution in [1.29, 1.82) is 0 Å². The van der Waals surface area contributed by atoms with Gasteiger partial charge >= 0.3 is 358 Å². The molecular weight excluding hydrogens is 796 g/mol. The topological polar surface area (TPSA) is 61.8 Å². The third kappa shape index (κ3) is 6.99. The Kier molecular flexibility index (Phi) is 12.1. The van der Waals surface area contributed by atoms with E-state index in [0.29, 0.717) is 31.8 Å². The van der Waals surface area contributed by atoms with Gasteiger partial charge in [-0.05, 0) is 0 Å². The van der Waals surface area contributed by atoms with Crippen LogP contribution in [-0.2, 0) is 36.2 Å². The fourth-order valence-corrected chi connectivity index (χ4v) is 19.6. The van der Waals surface area contributed by atoms with Crippen molar-refractivity contribution in [3.63, 3.8) is 0 Å². The average Bonchev–Trinajstić information content (AvgIpc) is 3.34. The second kappa shape index (κ2) is 17.8. The van der Waals surface area contributed by atoms with Crippen LogP contribution in [-0.4, -0.2) is 18.4 Å². The van der Waals surface area contributed by atoms with Crippen LogP contribution in [0.1, 0.15) is 11.1 Å². The van der Waals surface area contributed by atoms with Crippen LogP contribution in [0.4, 0.5) is 4.53 Å². The van der Waals surface area contributed by atoms with Crippen LogP contribution in [0.25, 0.3) is 0 Å². The number of carbonyl (C=O) groups is 2. The SMILES string of the molecule is O=C(Cc1ccccc1)P(OB(OF)OP(C(=O)Cc1ccccc1)(c1ccccc1)(c1ccccc1)c1ccccc1)(c1ccccc1)(c1ccccc1)c1ccccc1. The van der Waals surface area contributed by atoms with Crippen molar-refractivity contribution in [3.05, 3.63) is 254 Å². The summed E-state index contributed by atoms with van der Waals surface area (Å²) >= 11 is 0. The predicted molar refractivity (Wildman–Crippen MR) is 251 cm³/mol. The fraction of sp³-hybridized carbons (Fsp3) is 0.0385. The summed E-state index contributed by atoms with van der Waals surface area (Å²) in [6.07, 6.45) is -0.161. The summed E-state index contributed by atoms with van der Waals surface area (Å²) < 4.78 is 31.7. The number of benzene rings is 8. The van der Waals surface area contributed by atoms with Crippen LogP contribution in [0, 0.1) is 0 Å². The fourth-order valence-electron chi connectivity index (χ4n) is 8.75. The summed E-state index contributed by atoms with van der Waals surface area (Å²) in [5.74, 6) is 0. The summed E-state index contributed by atoms with van der Waals surface area (Å²) in [5.41, 5.74) is 0.840. The van der Waals surface area contributed by atoms with Gasteiger partial charge in [0.05, 0.1) is 0 Å². The van der Waals surface area contributed by atoms with E-state index in [0.717, 1.165) is 11.1 Å². The summed E-state index contributed by atoms with van der Waals surface area (Å²) in [7, 11) is -2.27. The van der Waals surface area contributed by atoms with Gasteiger partial charge in [0.2, 0.25) is 0 Å². The van der Waals surface area contributed by atoms with E-state index >= 15 is 14.1 Å². The van der Waals surface area contributed by atoms with E-state index in [1.54, 1.807) is 0 Å². The Morgan fingerprint density at radius 1 is 0.344 bits per heavy atom. The number of halogens is 1. The Morgan fingerprint density at radius 2 is 0.541 bits per heavy atom. The standard InChI is InChI=1S/C52H44BFO5P2/c54-57-53(58-60(45-29-13-3-14-30-45,46-31-15-4-16-32-46,47-33-17-5-18-34-47)51(55)41-43-25-9-1-10-26-43)59-61(48-35-19-6-20-36-48,49-37-21-7-22-38-49,50-39-23-8-24-40-50)52(56)42-44-27-11-2-12-28-44/h1-40H,41-42H2. The molecule has 0 bridgehead atoms. The van der Waals surface area contributed by atoms with Crippen molar-refractivity contribution in [3.8, 4) is 0 Å². The molecule has 8 aromatic carbocycles. The Labute approximate surface area is 356 Å². The first-order valence-electron chi connectivity index (χ1n) is 20.1. The van der Waals surface area contributed by atoms with E-state index in [9.17, 15) is 0 Å². The number of carbonyl (C=O) groups excluding carboxylic acids is 2. The summed E-state index contributed by atoms with van der Waals surface area (Å²) in [6.45, 7) is -10.3. The predicted octanol–water partition coefficient (Wildman–Crippen LogP) is 9.33. The maximum absolute atomic E-state index is 16.6. The Morgan fingerprint density at radius 3 is 0.738 bits per heavy atom. The molecule has 8 aromatic rings. The van der Waals surface area contributed by atoms with Crippen LogP contribution in [0.2, 0.25) is 0 Å². The molecule has 0 aliphatic heterocycles. The van der Waals surface area contributed by atoms with Gasteiger partial charge in [-0.1, -0.05) is 0 Å². The molecule has 302 valence electrons. The third-order valence-corrected chi connectivity index (χ3v) is 22.6. The first-order chi connectivity index (χ1) is 29.9.